The van der Waals surface area contributed by atoms with Crippen LogP contribution in [0.4, 0.5) is 5.82 Å². The predicted molar refractivity (Wildman–Crippen MR) is 66.4 cm³/mol. The number of anilines is 1. The van der Waals surface area contributed by atoms with E-state index in [1.165, 1.54) is 0 Å². The highest BCUT2D eigenvalue weighted by atomic mass is 35.5. The average Bonchev–Trinajstić information content (AvgIpc) is 2.28. The molecule has 0 aliphatic heterocycles. The molecule has 0 radical (unpaired) electrons. The average molecular weight is 237 g/mol. The molecule has 16 heavy (non-hydrogen) atoms. The Balaban J connectivity index is 2.63. The summed E-state index contributed by atoms with van der Waals surface area (Å²) in [5.74, 6) is 1.15. The molecule has 1 unspecified atom stereocenters. The van der Waals surface area contributed by atoms with E-state index in [9.17, 15) is 0 Å². The van der Waals surface area contributed by atoms with Gasteiger partial charge in [-0.3, -0.25) is 0 Å². The summed E-state index contributed by atoms with van der Waals surface area (Å²) in [6, 6.07) is 5.49. The van der Waals surface area contributed by atoms with Gasteiger partial charge in [0.1, 0.15) is 11.6 Å². The topological polar surface area (TPSA) is 63.8 Å². The molecule has 0 aliphatic carbocycles. The lowest BCUT2D eigenvalue weighted by atomic mass is 10.2. The van der Waals surface area contributed by atoms with Crippen LogP contribution in [0.25, 0.3) is 10.9 Å². The van der Waals surface area contributed by atoms with Crippen molar-refractivity contribution >= 4 is 28.3 Å². The SMILES string of the molecule is CNC(C)c1nc(N)c2cc(Cl)ccc2n1. The molecule has 0 saturated heterocycles. The molecule has 2 rings (SSSR count). The molecule has 3 N–H and O–H groups in total. The molecule has 1 aromatic heterocycles. The number of nitrogens with two attached hydrogens (primary N) is 1. The van der Waals surface area contributed by atoms with Crippen LogP contribution in [0.5, 0.6) is 0 Å². The van der Waals surface area contributed by atoms with Crippen molar-refractivity contribution in [2.24, 2.45) is 0 Å². The van der Waals surface area contributed by atoms with E-state index in [0.29, 0.717) is 16.7 Å². The van der Waals surface area contributed by atoms with Gasteiger partial charge in [0, 0.05) is 10.4 Å². The van der Waals surface area contributed by atoms with Crippen LogP contribution in [-0.4, -0.2) is 17.0 Å². The fraction of sp³-hybridized carbons (Fsp3) is 0.273. The van der Waals surface area contributed by atoms with Gasteiger partial charge >= 0.3 is 0 Å². The number of nitrogens with zero attached hydrogens (tertiary/aromatic N) is 2. The summed E-state index contributed by atoms with van der Waals surface area (Å²) in [4.78, 5) is 8.69. The zero-order valence-electron chi connectivity index (χ0n) is 9.16. The first kappa shape index (κ1) is 11.1. The number of rotatable bonds is 2. The van der Waals surface area contributed by atoms with Crippen molar-refractivity contribution in [2.75, 3.05) is 12.8 Å². The first-order valence-corrected chi connectivity index (χ1v) is 5.39. The number of hydrogen-bond donors (Lipinski definition) is 2. The van der Waals surface area contributed by atoms with Crippen LogP contribution in [0.15, 0.2) is 18.2 Å². The molecule has 0 spiro atoms. The largest absolute Gasteiger partial charge is 0.383 e. The van der Waals surface area contributed by atoms with E-state index in [4.69, 9.17) is 17.3 Å². The minimum Gasteiger partial charge on any atom is -0.383 e. The summed E-state index contributed by atoms with van der Waals surface area (Å²) in [6.07, 6.45) is 0. The highest BCUT2D eigenvalue weighted by Gasteiger charge is 2.10. The summed E-state index contributed by atoms with van der Waals surface area (Å²) >= 11 is 5.90. The third kappa shape index (κ3) is 1.94. The quantitative estimate of drug-likeness (QED) is 0.839. The molecule has 0 amide bonds. The highest BCUT2D eigenvalue weighted by molar-refractivity contribution is 6.31. The Kier molecular flexibility index (Phi) is 2.94. The second kappa shape index (κ2) is 4.23. The van der Waals surface area contributed by atoms with Crippen LogP contribution < -0.4 is 11.1 Å². The van der Waals surface area contributed by atoms with Crippen molar-refractivity contribution in [3.63, 3.8) is 0 Å². The molecule has 1 aromatic carbocycles. The summed E-state index contributed by atoms with van der Waals surface area (Å²) < 4.78 is 0. The normalized spacial score (nSPS) is 12.9. The third-order valence-electron chi connectivity index (χ3n) is 2.52. The summed E-state index contributed by atoms with van der Waals surface area (Å²) in [5, 5.41) is 4.51. The number of hydrogen-bond acceptors (Lipinski definition) is 4. The lowest BCUT2D eigenvalue weighted by molar-refractivity contribution is 0.614. The number of halogens is 1. The predicted octanol–water partition coefficient (Wildman–Crippen LogP) is 2.15. The van der Waals surface area contributed by atoms with Crippen LogP contribution in [0.1, 0.15) is 18.8 Å². The van der Waals surface area contributed by atoms with Gasteiger partial charge < -0.3 is 11.1 Å². The second-order valence-corrected chi connectivity index (χ2v) is 4.08. The number of nitrogen functional groups attached to an aromatic ring is 1. The molecule has 0 saturated carbocycles. The summed E-state index contributed by atoms with van der Waals surface area (Å²) in [5.41, 5.74) is 6.69. The Hall–Kier alpha value is -1.39. The molecule has 5 heteroatoms. The van der Waals surface area contributed by atoms with Gasteiger partial charge in [-0.05, 0) is 32.2 Å². The zero-order valence-corrected chi connectivity index (χ0v) is 9.92. The molecule has 0 bridgehead atoms. The van der Waals surface area contributed by atoms with Crippen LogP contribution in [0, 0.1) is 0 Å². The fourth-order valence-electron chi connectivity index (χ4n) is 1.47. The maximum absolute atomic E-state index is 5.90. The third-order valence-corrected chi connectivity index (χ3v) is 2.76. The Labute approximate surface area is 98.8 Å². The van der Waals surface area contributed by atoms with Gasteiger partial charge in [0.25, 0.3) is 0 Å². The maximum Gasteiger partial charge on any atom is 0.148 e. The fourth-order valence-corrected chi connectivity index (χ4v) is 1.64. The van der Waals surface area contributed by atoms with Crippen molar-refractivity contribution in [1.29, 1.82) is 0 Å². The van der Waals surface area contributed by atoms with Gasteiger partial charge in [0.2, 0.25) is 0 Å². The molecule has 1 atom stereocenters. The Morgan fingerprint density at radius 2 is 2.12 bits per heavy atom. The minimum absolute atomic E-state index is 0.0716. The van der Waals surface area contributed by atoms with E-state index in [-0.39, 0.29) is 6.04 Å². The van der Waals surface area contributed by atoms with Crippen molar-refractivity contribution in [2.45, 2.75) is 13.0 Å². The second-order valence-electron chi connectivity index (χ2n) is 3.64. The maximum atomic E-state index is 5.90. The standard InChI is InChI=1S/C11H13ClN4/c1-6(14-2)11-15-9-4-3-7(12)5-8(9)10(13)16-11/h3-6,14H,1-2H3,(H2,13,15,16). The zero-order chi connectivity index (χ0) is 11.7. The van der Waals surface area contributed by atoms with Crippen LogP contribution in [0.2, 0.25) is 5.02 Å². The van der Waals surface area contributed by atoms with Gasteiger partial charge in [-0.15, -0.1) is 0 Å². The van der Waals surface area contributed by atoms with E-state index in [1.54, 1.807) is 12.1 Å². The molecular formula is C11H13ClN4. The van der Waals surface area contributed by atoms with Gasteiger partial charge in [-0.1, -0.05) is 11.6 Å². The van der Waals surface area contributed by atoms with E-state index in [2.05, 4.69) is 15.3 Å². The van der Waals surface area contributed by atoms with E-state index >= 15 is 0 Å². The monoisotopic (exact) mass is 236 g/mol. The van der Waals surface area contributed by atoms with Crippen LogP contribution >= 0.6 is 11.6 Å². The van der Waals surface area contributed by atoms with E-state index in [1.807, 2.05) is 20.0 Å². The molecule has 1 heterocycles. The molecule has 2 aromatic rings. The van der Waals surface area contributed by atoms with E-state index in [0.717, 1.165) is 10.9 Å². The lowest BCUT2D eigenvalue weighted by Gasteiger charge is -2.10. The summed E-state index contributed by atoms with van der Waals surface area (Å²) in [6.45, 7) is 1.98. The molecular weight excluding hydrogens is 224 g/mol. The van der Waals surface area contributed by atoms with E-state index < -0.39 is 0 Å². The number of aromatic nitrogens is 2. The Bertz CT molecular complexity index is 527. The number of benzene rings is 1. The molecule has 4 nitrogen and oxygen atoms in total. The number of nitrogens with one attached hydrogen (secondary N) is 1. The smallest absolute Gasteiger partial charge is 0.148 e. The Morgan fingerprint density at radius 1 is 1.38 bits per heavy atom. The number of fused-ring (bicyclic) bond motifs is 1. The van der Waals surface area contributed by atoms with Gasteiger partial charge in [0.15, 0.2) is 0 Å². The van der Waals surface area contributed by atoms with Crippen molar-refractivity contribution in [3.05, 3.63) is 29.0 Å². The highest BCUT2D eigenvalue weighted by Crippen LogP contribution is 2.23. The minimum atomic E-state index is 0.0716. The van der Waals surface area contributed by atoms with Gasteiger partial charge in [-0.25, -0.2) is 9.97 Å². The van der Waals surface area contributed by atoms with Gasteiger partial charge in [0.05, 0.1) is 11.6 Å². The van der Waals surface area contributed by atoms with Crippen molar-refractivity contribution in [1.82, 2.24) is 15.3 Å². The first-order valence-electron chi connectivity index (χ1n) is 5.01. The first-order chi connectivity index (χ1) is 7.61. The Morgan fingerprint density at radius 3 is 2.81 bits per heavy atom. The summed E-state index contributed by atoms with van der Waals surface area (Å²) in [7, 11) is 1.86. The van der Waals surface area contributed by atoms with Crippen molar-refractivity contribution in [3.8, 4) is 0 Å². The van der Waals surface area contributed by atoms with Crippen LogP contribution in [-0.2, 0) is 0 Å². The van der Waals surface area contributed by atoms with Gasteiger partial charge in [-0.2, -0.15) is 0 Å². The van der Waals surface area contributed by atoms with Crippen LogP contribution in [0.3, 0.4) is 0 Å². The molecule has 0 aliphatic rings. The lowest BCUT2D eigenvalue weighted by Crippen LogP contribution is -2.16. The molecule has 0 fully saturated rings. The van der Waals surface area contributed by atoms with Crippen molar-refractivity contribution < 1.29 is 0 Å². The molecule has 84 valence electrons.